The summed E-state index contributed by atoms with van der Waals surface area (Å²) in [4.78, 5) is 0. The summed E-state index contributed by atoms with van der Waals surface area (Å²) in [5, 5.41) is 0.185. The molecule has 0 aliphatic carbocycles. The number of halogens is 5. The normalized spacial score (nSPS) is 13.9. The molecule has 0 amide bonds. The van der Waals surface area contributed by atoms with E-state index in [1.807, 2.05) is 0 Å². The molecule has 0 saturated heterocycles. The molecule has 0 heterocycles. The van der Waals surface area contributed by atoms with E-state index < -0.39 is 24.5 Å². The number of hydrogen-bond donors (Lipinski definition) is 1. The van der Waals surface area contributed by atoms with Gasteiger partial charge in [0.1, 0.15) is 5.82 Å². The van der Waals surface area contributed by atoms with Crippen LogP contribution in [-0.2, 0) is 0 Å². The van der Waals surface area contributed by atoms with Crippen LogP contribution in [0.2, 0.25) is 5.02 Å². The largest absolute Gasteiger partial charge is 0.389 e. The van der Waals surface area contributed by atoms with Crippen LogP contribution in [0.15, 0.2) is 18.2 Å². The lowest BCUT2D eigenvalue weighted by Crippen LogP contribution is -2.16. The van der Waals surface area contributed by atoms with Gasteiger partial charge in [-0.1, -0.05) is 17.7 Å². The summed E-state index contributed by atoms with van der Waals surface area (Å²) in [5.74, 6) is -0.679. The van der Waals surface area contributed by atoms with E-state index in [9.17, 15) is 17.6 Å². The van der Waals surface area contributed by atoms with E-state index in [0.717, 1.165) is 6.07 Å². The minimum atomic E-state index is -4.28. The summed E-state index contributed by atoms with van der Waals surface area (Å²) in [7, 11) is 0. The first-order valence-electron chi connectivity index (χ1n) is 4.57. The van der Waals surface area contributed by atoms with Gasteiger partial charge in [-0.3, -0.25) is 0 Å². The van der Waals surface area contributed by atoms with Crippen LogP contribution in [0.25, 0.3) is 0 Å². The molecular weight excluding hydrogens is 246 g/mol. The Hall–Kier alpha value is -0.810. The molecule has 0 unspecified atom stereocenters. The molecular formula is C10H10ClF4N. The van der Waals surface area contributed by atoms with Crippen molar-refractivity contribution in [2.75, 3.05) is 0 Å². The lowest BCUT2D eigenvalue weighted by atomic mass is 10.0. The highest BCUT2D eigenvalue weighted by Gasteiger charge is 2.28. The highest BCUT2D eigenvalue weighted by Crippen LogP contribution is 2.28. The van der Waals surface area contributed by atoms with Gasteiger partial charge in [0, 0.05) is 23.0 Å². The second-order valence-corrected chi connectivity index (χ2v) is 3.86. The van der Waals surface area contributed by atoms with Gasteiger partial charge in [0.2, 0.25) is 0 Å². The molecule has 90 valence electrons. The van der Waals surface area contributed by atoms with Crippen molar-refractivity contribution in [2.24, 2.45) is 5.73 Å². The molecule has 1 atom stereocenters. The van der Waals surface area contributed by atoms with Gasteiger partial charge in [0.15, 0.2) is 0 Å². The molecule has 0 bridgehead atoms. The molecule has 0 aliphatic rings. The Bertz CT molecular complexity index is 364. The Kier molecular flexibility index (Phi) is 4.15. The molecule has 16 heavy (non-hydrogen) atoms. The van der Waals surface area contributed by atoms with Crippen molar-refractivity contribution in [1.29, 1.82) is 0 Å². The molecule has 0 saturated carbocycles. The average molecular weight is 256 g/mol. The molecule has 0 radical (unpaired) electrons. The third-order valence-corrected chi connectivity index (χ3v) is 2.34. The SMILES string of the molecule is N[C@@H](CCC(F)(F)F)c1ccc(Cl)cc1F. The zero-order valence-electron chi connectivity index (χ0n) is 8.19. The molecule has 1 nitrogen and oxygen atoms in total. The van der Waals surface area contributed by atoms with E-state index in [4.69, 9.17) is 17.3 Å². The summed E-state index contributed by atoms with van der Waals surface area (Å²) >= 11 is 5.51. The minimum Gasteiger partial charge on any atom is -0.324 e. The molecule has 2 N–H and O–H groups in total. The number of nitrogens with two attached hydrogens (primary N) is 1. The summed E-state index contributed by atoms with van der Waals surface area (Å²) in [6.07, 6.45) is -5.65. The molecule has 1 rings (SSSR count). The van der Waals surface area contributed by atoms with Crippen molar-refractivity contribution in [3.8, 4) is 0 Å². The van der Waals surface area contributed by atoms with E-state index in [1.54, 1.807) is 0 Å². The Morgan fingerprint density at radius 3 is 2.44 bits per heavy atom. The fraction of sp³-hybridized carbons (Fsp3) is 0.400. The summed E-state index contributed by atoms with van der Waals surface area (Å²) in [5.41, 5.74) is 5.52. The fourth-order valence-corrected chi connectivity index (χ4v) is 1.44. The predicted molar refractivity (Wildman–Crippen MR) is 53.6 cm³/mol. The average Bonchev–Trinajstić information content (AvgIpc) is 2.13. The highest BCUT2D eigenvalue weighted by atomic mass is 35.5. The molecule has 0 aliphatic heterocycles. The zero-order chi connectivity index (χ0) is 12.3. The van der Waals surface area contributed by atoms with Crippen LogP contribution in [0.1, 0.15) is 24.4 Å². The maximum absolute atomic E-state index is 13.3. The number of rotatable bonds is 3. The van der Waals surface area contributed by atoms with Crippen LogP contribution >= 0.6 is 11.6 Å². The highest BCUT2D eigenvalue weighted by molar-refractivity contribution is 6.30. The lowest BCUT2D eigenvalue weighted by Gasteiger charge is -2.14. The van der Waals surface area contributed by atoms with Crippen LogP contribution in [-0.4, -0.2) is 6.18 Å². The van der Waals surface area contributed by atoms with Crippen molar-refractivity contribution in [1.82, 2.24) is 0 Å². The smallest absolute Gasteiger partial charge is 0.324 e. The monoisotopic (exact) mass is 255 g/mol. The van der Waals surface area contributed by atoms with Gasteiger partial charge >= 0.3 is 6.18 Å². The minimum absolute atomic E-state index is 0.0497. The summed E-state index contributed by atoms with van der Waals surface area (Å²) in [6, 6.07) is 2.76. The maximum Gasteiger partial charge on any atom is 0.389 e. The molecule has 0 fully saturated rings. The van der Waals surface area contributed by atoms with E-state index in [1.165, 1.54) is 12.1 Å². The van der Waals surface area contributed by atoms with Crippen LogP contribution in [0.5, 0.6) is 0 Å². The van der Waals surface area contributed by atoms with Crippen molar-refractivity contribution in [3.63, 3.8) is 0 Å². The van der Waals surface area contributed by atoms with E-state index >= 15 is 0 Å². The van der Waals surface area contributed by atoms with Crippen molar-refractivity contribution < 1.29 is 17.6 Å². The van der Waals surface area contributed by atoms with Gasteiger partial charge in [-0.25, -0.2) is 4.39 Å². The number of hydrogen-bond acceptors (Lipinski definition) is 1. The van der Waals surface area contributed by atoms with Crippen LogP contribution in [0.4, 0.5) is 17.6 Å². The molecule has 1 aromatic rings. The topological polar surface area (TPSA) is 26.0 Å². The molecule has 1 aromatic carbocycles. The molecule has 6 heteroatoms. The van der Waals surface area contributed by atoms with Crippen LogP contribution in [0, 0.1) is 5.82 Å². The van der Waals surface area contributed by atoms with Gasteiger partial charge in [0.05, 0.1) is 0 Å². The zero-order valence-corrected chi connectivity index (χ0v) is 8.95. The van der Waals surface area contributed by atoms with Gasteiger partial charge in [-0.05, 0) is 18.6 Å². The standard InChI is InChI=1S/C10H10ClF4N/c11-6-1-2-7(8(12)5-6)9(16)3-4-10(13,14)15/h1-2,5,9H,3-4,16H2/t9-/m0/s1. The van der Waals surface area contributed by atoms with E-state index in [-0.39, 0.29) is 17.0 Å². The van der Waals surface area contributed by atoms with Crippen LogP contribution in [0.3, 0.4) is 0 Å². The van der Waals surface area contributed by atoms with Crippen molar-refractivity contribution in [3.05, 3.63) is 34.6 Å². The van der Waals surface area contributed by atoms with Gasteiger partial charge in [0.25, 0.3) is 0 Å². The van der Waals surface area contributed by atoms with Gasteiger partial charge in [-0.15, -0.1) is 0 Å². The number of benzene rings is 1. The summed E-state index contributed by atoms with van der Waals surface area (Å²) in [6.45, 7) is 0. The first-order chi connectivity index (χ1) is 7.29. The Balaban J connectivity index is 2.70. The number of alkyl halides is 3. The third-order valence-electron chi connectivity index (χ3n) is 2.10. The van der Waals surface area contributed by atoms with Crippen molar-refractivity contribution in [2.45, 2.75) is 25.1 Å². The Morgan fingerprint density at radius 2 is 1.94 bits per heavy atom. The molecule has 0 spiro atoms. The van der Waals surface area contributed by atoms with E-state index in [2.05, 4.69) is 0 Å². The van der Waals surface area contributed by atoms with Gasteiger partial charge < -0.3 is 5.73 Å². The van der Waals surface area contributed by atoms with Gasteiger partial charge in [-0.2, -0.15) is 13.2 Å². The molecule has 0 aromatic heterocycles. The quantitative estimate of drug-likeness (QED) is 0.817. The first kappa shape index (κ1) is 13.3. The second-order valence-electron chi connectivity index (χ2n) is 3.43. The third kappa shape index (κ3) is 3.98. The van der Waals surface area contributed by atoms with Crippen LogP contribution < -0.4 is 5.73 Å². The lowest BCUT2D eigenvalue weighted by molar-refractivity contribution is -0.136. The van der Waals surface area contributed by atoms with Crippen molar-refractivity contribution >= 4 is 11.6 Å². The Labute approximate surface area is 95.2 Å². The predicted octanol–water partition coefficient (Wildman–Crippen LogP) is 3.82. The maximum atomic E-state index is 13.3. The van der Waals surface area contributed by atoms with E-state index in [0.29, 0.717) is 0 Å². The fourth-order valence-electron chi connectivity index (χ4n) is 1.28. The first-order valence-corrected chi connectivity index (χ1v) is 4.94. The summed E-state index contributed by atoms with van der Waals surface area (Å²) < 4.78 is 49.1. The Morgan fingerprint density at radius 1 is 1.31 bits per heavy atom. The second kappa shape index (κ2) is 5.01.